The molecule has 0 saturated heterocycles. The lowest BCUT2D eigenvalue weighted by Crippen LogP contribution is -2.13. The average Bonchev–Trinajstić information content (AvgIpc) is 2.58. The molecule has 0 aliphatic heterocycles. The van der Waals surface area contributed by atoms with Gasteiger partial charge in [0.25, 0.3) is 5.91 Å². The highest BCUT2D eigenvalue weighted by atomic mass is 35.5. The van der Waals surface area contributed by atoms with Crippen LogP contribution in [0.15, 0.2) is 42.0 Å². The van der Waals surface area contributed by atoms with Crippen molar-refractivity contribution in [1.82, 2.24) is 0 Å². The van der Waals surface area contributed by atoms with Crippen LogP contribution in [0.3, 0.4) is 0 Å². The first-order valence-corrected chi connectivity index (χ1v) is 7.56. The Balaban J connectivity index is 2.23. The molecule has 3 N–H and O–H groups in total. The lowest BCUT2D eigenvalue weighted by Gasteiger charge is -2.06. The molecule has 0 fully saturated rings. The molecule has 6 heteroatoms. The molecule has 0 heterocycles. The quantitative estimate of drug-likeness (QED) is 0.447. The first-order chi connectivity index (χ1) is 11.4. The number of aryl methyl sites for hydroxylation is 1. The van der Waals surface area contributed by atoms with Crippen LogP contribution in [0.5, 0.6) is 11.5 Å². The number of anilines is 1. The predicted molar refractivity (Wildman–Crippen MR) is 92.8 cm³/mol. The second kappa shape index (κ2) is 7.53. The summed E-state index contributed by atoms with van der Waals surface area (Å²) in [5.41, 5.74) is 1.88. The lowest BCUT2D eigenvalue weighted by atomic mass is 10.1. The van der Waals surface area contributed by atoms with Crippen molar-refractivity contribution in [3.8, 4) is 17.6 Å². The summed E-state index contributed by atoms with van der Waals surface area (Å²) in [7, 11) is 0. The first-order valence-electron chi connectivity index (χ1n) is 7.18. The van der Waals surface area contributed by atoms with Gasteiger partial charge in [-0.2, -0.15) is 5.26 Å². The monoisotopic (exact) mass is 342 g/mol. The molecule has 0 spiro atoms. The third-order valence-electron chi connectivity index (χ3n) is 3.36. The van der Waals surface area contributed by atoms with Crippen LogP contribution >= 0.6 is 11.6 Å². The van der Waals surface area contributed by atoms with Crippen LogP contribution < -0.4 is 5.32 Å². The van der Waals surface area contributed by atoms with Gasteiger partial charge in [0, 0.05) is 5.69 Å². The number of phenols is 2. The number of aromatic hydroxyl groups is 2. The van der Waals surface area contributed by atoms with E-state index in [4.69, 9.17) is 11.6 Å². The van der Waals surface area contributed by atoms with E-state index in [2.05, 4.69) is 5.32 Å². The fourth-order valence-electron chi connectivity index (χ4n) is 2.03. The maximum atomic E-state index is 12.2. The number of carbonyl (C=O) groups is 1. The molecular weight excluding hydrogens is 328 g/mol. The lowest BCUT2D eigenvalue weighted by molar-refractivity contribution is -0.112. The molecule has 5 nitrogen and oxygen atoms in total. The average molecular weight is 343 g/mol. The molecule has 0 bridgehead atoms. The third kappa shape index (κ3) is 4.06. The maximum absolute atomic E-state index is 12.2. The highest BCUT2D eigenvalue weighted by Crippen LogP contribution is 2.34. The number of nitriles is 1. The SMILES string of the molecule is CCc1ccc(NC(=O)/C(C#N)=C/c2cc(O)c(O)c(Cl)c2)cc1. The Labute approximate surface area is 144 Å². The molecule has 0 saturated carbocycles. The van der Waals surface area contributed by atoms with Crippen molar-refractivity contribution in [2.75, 3.05) is 5.32 Å². The van der Waals surface area contributed by atoms with Gasteiger partial charge in [-0.1, -0.05) is 30.7 Å². The Kier molecular flexibility index (Phi) is 5.46. The topological polar surface area (TPSA) is 93.4 Å². The second-order valence-corrected chi connectivity index (χ2v) is 5.45. The summed E-state index contributed by atoms with van der Waals surface area (Å²) in [5.74, 6) is -1.46. The first kappa shape index (κ1) is 17.4. The zero-order valence-corrected chi connectivity index (χ0v) is 13.6. The molecule has 1 amide bonds. The standard InChI is InChI=1S/C18H15ClN2O3/c1-2-11-3-5-14(6-4-11)21-18(24)13(10-20)7-12-8-15(19)17(23)16(22)9-12/h3-9,22-23H,2H2,1H3,(H,21,24)/b13-7+. The van der Waals surface area contributed by atoms with Gasteiger partial charge in [-0.15, -0.1) is 0 Å². The Bertz CT molecular complexity index is 813. The van der Waals surface area contributed by atoms with Gasteiger partial charge in [0.15, 0.2) is 11.5 Å². The highest BCUT2D eigenvalue weighted by molar-refractivity contribution is 6.32. The molecule has 2 aromatic carbocycles. The summed E-state index contributed by atoms with van der Waals surface area (Å²) >= 11 is 5.76. The number of nitrogens with one attached hydrogen (secondary N) is 1. The van der Waals surface area contributed by atoms with Crippen LogP contribution in [0.4, 0.5) is 5.69 Å². The Morgan fingerprint density at radius 1 is 1.29 bits per heavy atom. The van der Waals surface area contributed by atoms with Crippen molar-refractivity contribution in [3.05, 3.63) is 58.1 Å². The number of phenolic OH excluding ortho intramolecular Hbond substituents is 2. The largest absolute Gasteiger partial charge is 0.504 e. The minimum Gasteiger partial charge on any atom is -0.504 e. The molecule has 0 atom stereocenters. The van der Waals surface area contributed by atoms with Gasteiger partial charge in [0.1, 0.15) is 11.6 Å². The van der Waals surface area contributed by atoms with Crippen molar-refractivity contribution in [2.24, 2.45) is 0 Å². The summed E-state index contributed by atoms with van der Waals surface area (Å²) < 4.78 is 0. The van der Waals surface area contributed by atoms with E-state index in [1.165, 1.54) is 18.2 Å². The van der Waals surface area contributed by atoms with Gasteiger partial charge in [0.05, 0.1) is 5.02 Å². The van der Waals surface area contributed by atoms with Gasteiger partial charge in [-0.3, -0.25) is 4.79 Å². The summed E-state index contributed by atoms with van der Waals surface area (Å²) in [5, 5.41) is 30.7. The predicted octanol–water partition coefficient (Wildman–Crippen LogP) is 3.86. The van der Waals surface area contributed by atoms with Gasteiger partial charge in [0.2, 0.25) is 0 Å². The Hall–Kier alpha value is -2.97. The van der Waals surface area contributed by atoms with Gasteiger partial charge >= 0.3 is 0 Å². The fourth-order valence-corrected chi connectivity index (χ4v) is 2.25. The van der Waals surface area contributed by atoms with Gasteiger partial charge in [-0.05, 0) is 47.9 Å². The minimum absolute atomic E-state index is 0.0749. The van der Waals surface area contributed by atoms with Crippen LogP contribution in [0.25, 0.3) is 6.08 Å². The molecule has 122 valence electrons. The normalized spacial score (nSPS) is 11.0. The summed E-state index contributed by atoms with van der Waals surface area (Å²) in [6.07, 6.45) is 2.17. The number of halogens is 1. The molecule has 24 heavy (non-hydrogen) atoms. The smallest absolute Gasteiger partial charge is 0.266 e. The van der Waals surface area contributed by atoms with Crippen LogP contribution in [0.1, 0.15) is 18.1 Å². The summed E-state index contributed by atoms with van der Waals surface area (Å²) in [4.78, 5) is 12.2. The number of hydrogen-bond donors (Lipinski definition) is 3. The molecule has 0 radical (unpaired) electrons. The molecule has 0 unspecified atom stereocenters. The molecule has 2 aromatic rings. The van der Waals surface area contributed by atoms with E-state index in [0.29, 0.717) is 11.3 Å². The van der Waals surface area contributed by atoms with Crippen molar-refractivity contribution in [3.63, 3.8) is 0 Å². The third-order valence-corrected chi connectivity index (χ3v) is 3.65. The van der Waals surface area contributed by atoms with Crippen LogP contribution in [0, 0.1) is 11.3 Å². The van der Waals surface area contributed by atoms with E-state index in [0.717, 1.165) is 12.0 Å². The minimum atomic E-state index is -0.578. The zero-order chi connectivity index (χ0) is 17.7. The molecule has 0 aromatic heterocycles. The summed E-state index contributed by atoms with van der Waals surface area (Å²) in [6, 6.07) is 11.7. The van der Waals surface area contributed by atoms with Crippen LogP contribution in [0.2, 0.25) is 5.02 Å². The van der Waals surface area contributed by atoms with E-state index >= 15 is 0 Å². The molecule has 0 aliphatic carbocycles. The van der Waals surface area contributed by atoms with E-state index in [1.54, 1.807) is 12.1 Å². The molecule has 2 rings (SSSR count). The van der Waals surface area contributed by atoms with E-state index in [-0.39, 0.29) is 10.6 Å². The maximum Gasteiger partial charge on any atom is 0.266 e. The Morgan fingerprint density at radius 3 is 2.50 bits per heavy atom. The van der Waals surface area contributed by atoms with E-state index < -0.39 is 17.4 Å². The molecule has 0 aliphatic rings. The van der Waals surface area contributed by atoms with Gasteiger partial charge < -0.3 is 15.5 Å². The number of amides is 1. The second-order valence-electron chi connectivity index (χ2n) is 5.04. The number of benzene rings is 2. The number of nitrogens with zero attached hydrogens (tertiary/aromatic N) is 1. The van der Waals surface area contributed by atoms with E-state index in [9.17, 15) is 20.3 Å². The Morgan fingerprint density at radius 2 is 1.96 bits per heavy atom. The van der Waals surface area contributed by atoms with Crippen LogP contribution in [-0.2, 0) is 11.2 Å². The summed E-state index contributed by atoms with van der Waals surface area (Å²) in [6.45, 7) is 2.03. The highest BCUT2D eigenvalue weighted by Gasteiger charge is 2.12. The van der Waals surface area contributed by atoms with Crippen molar-refractivity contribution >= 4 is 29.3 Å². The zero-order valence-electron chi connectivity index (χ0n) is 12.9. The van der Waals surface area contributed by atoms with Gasteiger partial charge in [-0.25, -0.2) is 0 Å². The number of carbonyl (C=O) groups excluding carboxylic acids is 1. The van der Waals surface area contributed by atoms with Crippen LogP contribution in [-0.4, -0.2) is 16.1 Å². The van der Waals surface area contributed by atoms with Crippen molar-refractivity contribution < 1.29 is 15.0 Å². The number of hydrogen-bond acceptors (Lipinski definition) is 4. The molecular formula is C18H15ClN2O3. The van der Waals surface area contributed by atoms with Crippen molar-refractivity contribution in [2.45, 2.75) is 13.3 Å². The van der Waals surface area contributed by atoms with E-state index in [1.807, 2.05) is 25.1 Å². The van der Waals surface area contributed by atoms with Crippen molar-refractivity contribution in [1.29, 1.82) is 5.26 Å². The number of rotatable bonds is 4. The fraction of sp³-hybridized carbons (Fsp3) is 0.111.